The van der Waals surface area contributed by atoms with Gasteiger partial charge in [0.15, 0.2) is 0 Å². The van der Waals surface area contributed by atoms with Gasteiger partial charge in [-0.15, -0.1) is 6.58 Å². The molecule has 4 aromatic carbocycles. The third-order valence-electron chi connectivity index (χ3n) is 12.2. The minimum Gasteiger partial charge on any atom is -0.507 e. The van der Waals surface area contributed by atoms with Crippen LogP contribution in [0.25, 0.3) is 0 Å². The van der Waals surface area contributed by atoms with Crippen LogP contribution in [0.5, 0.6) is 11.5 Å². The first-order valence-electron chi connectivity index (χ1n) is 23.0. The molecule has 0 saturated carbocycles. The molecule has 1 heterocycles. The van der Waals surface area contributed by atoms with Gasteiger partial charge in [-0.3, -0.25) is 30.0 Å². The topological polar surface area (TPSA) is 158 Å². The Morgan fingerprint density at radius 3 is 1.34 bits per heavy atom. The van der Waals surface area contributed by atoms with Gasteiger partial charge in [0.25, 0.3) is 23.6 Å². The predicted octanol–water partition coefficient (Wildman–Crippen LogP) is 11.2. The van der Waals surface area contributed by atoms with Gasteiger partial charge in [0, 0.05) is 33.4 Å². The Hall–Kier alpha value is -5.92. The summed E-state index contributed by atoms with van der Waals surface area (Å²) in [5.41, 5.74) is 11.4. The van der Waals surface area contributed by atoms with Crippen molar-refractivity contribution in [3.8, 4) is 11.5 Å². The zero-order valence-corrected chi connectivity index (χ0v) is 42.7. The second-order valence-electron chi connectivity index (χ2n) is 20.8. The number of aromatic hydroxyl groups is 2. The van der Waals surface area contributed by atoms with E-state index in [1.165, 1.54) is 10.0 Å². The van der Waals surface area contributed by atoms with E-state index >= 15 is 0 Å². The number of carbonyl (C=O) groups excluding carboxylic acids is 4. The van der Waals surface area contributed by atoms with Crippen LogP contribution in [0.3, 0.4) is 0 Å². The molecule has 4 aromatic rings. The second-order valence-corrected chi connectivity index (χ2v) is 20.8. The highest BCUT2D eigenvalue weighted by Gasteiger charge is 2.50. The SMILES string of the molecule is C.C=CCc1ccc(C(=O)NN(C(=O)c2cc(C)cc(C)c2)C(C)(C)C)c(C)c1O.Cc1cc(C)cc(C(=O)N(NC(=O)c2ccc(CCCB3OC(C)(C)C(C)(C)O3)c(O)c2C)C(C)(C)C)c1. The number of carbonyl (C=O) groups is 4. The normalized spacial score (nSPS) is 13.9. The fourth-order valence-electron chi connectivity index (χ4n) is 7.89. The Labute approximate surface area is 406 Å². The average Bonchev–Trinajstić information content (AvgIpc) is 3.41. The number of phenolic OH excluding ortho intramolecular Hbond substituents is 2. The summed E-state index contributed by atoms with van der Waals surface area (Å²) in [4.78, 5) is 52.9. The number of phenols is 2. The fraction of sp³-hybridized carbons (Fsp3) is 0.455. The van der Waals surface area contributed by atoms with E-state index in [1.54, 1.807) is 56.3 Å². The summed E-state index contributed by atoms with van der Waals surface area (Å²) in [6, 6.07) is 18.1. The number of benzene rings is 4. The van der Waals surface area contributed by atoms with Gasteiger partial charge in [-0.25, -0.2) is 10.0 Å². The molecule has 4 amide bonds. The molecule has 0 spiro atoms. The van der Waals surface area contributed by atoms with Crippen molar-refractivity contribution >= 4 is 30.7 Å². The van der Waals surface area contributed by atoms with Crippen LogP contribution in [0.4, 0.5) is 0 Å². The van der Waals surface area contributed by atoms with E-state index in [0.717, 1.165) is 34.2 Å². The van der Waals surface area contributed by atoms with Crippen LogP contribution in [0, 0.1) is 41.5 Å². The van der Waals surface area contributed by atoms with Crippen molar-refractivity contribution in [3.63, 3.8) is 0 Å². The molecule has 68 heavy (non-hydrogen) atoms. The van der Waals surface area contributed by atoms with Crippen LogP contribution in [0.15, 0.2) is 73.3 Å². The number of hydrazine groups is 2. The molecule has 0 radical (unpaired) electrons. The summed E-state index contributed by atoms with van der Waals surface area (Å²) in [6.45, 7) is 34.1. The Morgan fingerprint density at radius 1 is 0.632 bits per heavy atom. The van der Waals surface area contributed by atoms with Crippen LogP contribution in [-0.2, 0) is 22.2 Å². The van der Waals surface area contributed by atoms with Crippen molar-refractivity contribution in [2.24, 2.45) is 0 Å². The van der Waals surface area contributed by atoms with E-state index in [4.69, 9.17) is 9.31 Å². The summed E-state index contributed by atoms with van der Waals surface area (Å²) in [5.74, 6) is -1.32. The molecule has 5 rings (SSSR count). The first-order valence-corrected chi connectivity index (χ1v) is 23.0. The molecule has 0 bridgehead atoms. The second kappa shape index (κ2) is 22.0. The highest BCUT2D eigenvalue weighted by atomic mass is 16.7. The zero-order valence-electron chi connectivity index (χ0n) is 42.7. The molecule has 4 N–H and O–H groups in total. The van der Waals surface area contributed by atoms with Crippen molar-refractivity contribution in [2.75, 3.05) is 0 Å². The highest BCUT2D eigenvalue weighted by molar-refractivity contribution is 6.45. The largest absolute Gasteiger partial charge is 0.507 e. The van der Waals surface area contributed by atoms with Gasteiger partial charge in [0.1, 0.15) is 11.5 Å². The zero-order chi connectivity index (χ0) is 50.6. The molecule has 368 valence electrons. The van der Waals surface area contributed by atoms with E-state index in [1.807, 2.05) is 121 Å². The summed E-state index contributed by atoms with van der Waals surface area (Å²) < 4.78 is 12.1. The van der Waals surface area contributed by atoms with E-state index in [0.29, 0.717) is 58.1 Å². The third-order valence-corrected chi connectivity index (χ3v) is 12.2. The van der Waals surface area contributed by atoms with Gasteiger partial charge in [-0.05, 0) is 177 Å². The number of hydrogen-bond donors (Lipinski definition) is 4. The lowest BCUT2D eigenvalue weighted by atomic mass is 9.81. The number of aryl methyl sites for hydroxylation is 5. The van der Waals surface area contributed by atoms with Gasteiger partial charge >= 0.3 is 7.12 Å². The van der Waals surface area contributed by atoms with Crippen molar-refractivity contribution < 1.29 is 38.7 Å². The fourth-order valence-corrected chi connectivity index (χ4v) is 7.89. The maximum absolute atomic E-state index is 13.4. The van der Waals surface area contributed by atoms with Gasteiger partial charge in [0.2, 0.25) is 0 Å². The first kappa shape index (κ1) is 56.4. The predicted molar refractivity (Wildman–Crippen MR) is 274 cm³/mol. The van der Waals surface area contributed by atoms with Gasteiger partial charge in [0.05, 0.1) is 22.3 Å². The maximum Gasteiger partial charge on any atom is 0.457 e. The van der Waals surface area contributed by atoms with Crippen LogP contribution in [0.1, 0.15) is 169 Å². The minimum atomic E-state index is -0.673. The van der Waals surface area contributed by atoms with Crippen molar-refractivity contribution in [1.82, 2.24) is 20.9 Å². The number of nitrogens with zero attached hydrogens (tertiary/aromatic N) is 2. The lowest BCUT2D eigenvalue weighted by Crippen LogP contribution is -2.56. The molecule has 1 aliphatic rings. The summed E-state index contributed by atoms with van der Waals surface area (Å²) >= 11 is 0. The maximum atomic E-state index is 13.4. The number of allylic oxidation sites excluding steroid dienone is 1. The Kier molecular flexibility index (Phi) is 18.3. The summed E-state index contributed by atoms with van der Waals surface area (Å²) in [7, 11) is -0.286. The van der Waals surface area contributed by atoms with Gasteiger partial charge in [-0.2, -0.15) is 0 Å². The van der Waals surface area contributed by atoms with E-state index in [2.05, 4.69) is 17.4 Å². The number of amides is 4. The summed E-state index contributed by atoms with van der Waals surface area (Å²) in [6.07, 6.45) is 4.29. The Morgan fingerprint density at radius 2 is 0.985 bits per heavy atom. The quantitative estimate of drug-likeness (QED) is 0.0695. The van der Waals surface area contributed by atoms with E-state index < -0.39 is 22.9 Å². The number of hydrogen-bond acceptors (Lipinski definition) is 8. The van der Waals surface area contributed by atoms with E-state index in [9.17, 15) is 29.4 Å². The van der Waals surface area contributed by atoms with Crippen LogP contribution < -0.4 is 10.9 Å². The molecule has 13 heteroatoms. The molecule has 1 saturated heterocycles. The lowest BCUT2D eigenvalue weighted by molar-refractivity contribution is 0.00578. The Bertz CT molecular complexity index is 2460. The molecule has 0 unspecified atom stereocenters. The minimum absolute atomic E-state index is 0. The average molecular weight is 933 g/mol. The number of nitrogens with one attached hydrogen (secondary N) is 2. The van der Waals surface area contributed by atoms with Crippen LogP contribution in [-0.4, -0.2) is 73.3 Å². The smallest absolute Gasteiger partial charge is 0.457 e. The standard InChI is InChI=1S/C30H43BN2O5.C24H30N2O3.CH4/c1-19-16-20(2)18-23(17-19)27(36)33(28(4,5)6)32-26(35)24-14-13-22(25(34)21(24)3)12-11-15-31-37-29(7,8)30(9,10)38-31;1-8-9-18-10-11-20(17(4)21(18)27)22(28)25-26(24(5,6)7)23(29)19-13-15(2)12-16(3)14-19;/h13-14,16-18,34H,11-12,15H2,1-10H3,(H,32,35);8,10-14,27H,1,9H2,2-7H3,(H,25,28);1H4. The third kappa shape index (κ3) is 13.6. The molecule has 12 nitrogen and oxygen atoms in total. The van der Waals surface area contributed by atoms with Gasteiger partial charge in [-0.1, -0.05) is 66.4 Å². The monoisotopic (exact) mass is 933 g/mol. The molecule has 0 aliphatic carbocycles. The number of rotatable bonds is 10. The van der Waals surface area contributed by atoms with Crippen molar-refractivity contribution in [3.05, 3.63) is 140 Å². The van der Waals surface area contributed by atoms with Crippen LogP contribution in [0.2, 0.25) is 6.32 Å². The Balaban J connectivity index is 0.000000368. The molecule has 1 fully saturated rings. The van der Waals surface area contributed by atoms with E-state index in [-0.39, 0.29) is 49.1 Å². The molecule has 1 aliphatic heterocycles. The van der Waals surface area contributed by atoms with Crippen molar-refractivity contribution in [1.29, 1.82) is 0 Å². The van der Waals surface area contributed by atoms with Gasteiger partial charge < -0.3 is 19.5 Å². The van der Waals surface area contributed by atoms with Crippen molar-refractivity contribution in [2.45, 2.75) is 166 Å². The molecular formula is C55H77BN4O8. The first-order chi connectivity index (χ1) is 30.9. The molecule has 0 aromatic heterocycles. The lowest BCUT2D eigenvalue weighted by Gasteiger charge is -2.35. The highest BCUT2D eigenvalue weighted by Crippen LogP contribution is 2.38. The van der Waals surface area contributed by atoms with Crippen LogP contribution >= 0.6 is 0 Å². The molecule has 0 atom stereocenters. The summed E-state index contributed by atoms with van der Waals surface area (Å²) in [5, 5.41) is 24.0. The molecular weight excluding hydrogens is 855 g/mol.